The van der Waals surface area contributed by atoms with Gasteiger partial charge in [-0.25, -0.2) is 4.39 Å². The normalized spacial score (nSPS) is 13.9. The lowest BCUT2D eigenvalue weighted by Crippen LogP contribution is -2.31. The van der Waals surface area contributed by atoms with Crippen molar-refractivity contribution in [3.8, 4) is 0 Å². The van der Waals surface area contributed by atoms with Gasteiger partial charge in [-0.1, -0.05) is 12.1 Å². The molecule has 2 rings (SSSR count). The highest BCUT2D eigenvalue weighted by Crippen LogP contribution is 2.23. The number of allylic oxidation sites excluding steroid dienone is 1. The van der Waals surface area contributed by atoms with E-state index in [-0.39, 0.29) is 6.54 Å². The van der Waals surface area contributed by atoms with Gasteiger partial charge in [0.15, 0.2) is 0 Å². The lowest BCUT2D eigenvalue weighted by molar-refractivity contribution is 0.0659. The first kappa shape index (κ1) is 11.5. The maximum absolute atomic E-state index is 13.5. The van der Waals surface area contributed by atoms with E-state index in [1.165, 1.54) is 0 Å². The predicted molar refractivity (Wildman–Crippen MR) is 61.3 cm³/mol. The number of imide groups is 1. The lowest BCUT2D eigenvalue weighted by Gasteiger charge is -2.12. The Balaban J connectivity index is 2.34. The molecule has 1 aromatic carbocycles. The highest BCUT2D eigenvalue weighted by molar-refractivity contribution is 6.21. The second-order valence-electron chi connectivity index (χ2n) is 4.15. The number of fused-ring (bicyclic) bond motifs is 1. The van der Waals surface area contributed by atoms with Crippen molar-refractivity contribution in [1.82, 2.24) is 4.90 Å². The number of hydrogen-bond donors (Lipinski definition) is 0. The number of nitrogens with zero attached hydrogens (tertiary/aromatic N) is 1. The molecule has 3 nitrogen and oxygen atoms in total. The lowest BCUT2D eigenvalue weighted by atomic mass is 10.1. The highest BCUT2D eigenvalue weighted by Gasteiger charge is 2.35. The Bertz CT molecular complexity index is 495. The van der Waals surface area contributed by atoms with Crippen LogP contribution in [0.4, 0.5) is 4.39 Å². The largest absolute Gasteiger partial charge is 0.269 e. The van der Waals surface area contributed by atoms with Gasteiger partial charge in [-0.3, -0.25) is 14.5 Å². The Morgan fingerprint density at radius 1 is 1.12 bits per heavy atom. The molecular weight excluding hydrogens is 221 g/mol. The zero-order valence-electron chi connectivity index (χ0n) is 9.66. The topological polar surface area (TPSA) is 37.4 Å². The van der Waals surface area contributed by atoms with E-state index in [4.69, 9.17) is 0 Å². The molecule has 0 bridgehead atoms. The molecule has 1 aliphatic heterocycles. The van der Waals surface area contributed by atoms with Crippen LogP contribution in [0, 0.1) is 0 Å². The molecular formula is C13H12FNO2. The number of benzene rings is 1. The summed E-state index contributed by atoms with van der Waals surface area (Å²) in [7, 11) is 0. The van der Waals surface area contributed by atoms with Gasteiger partial charge in [0.1, 0.15) is 5.83 Å². The standard InChI is InChI=1S/C13H12FNO2/c1-8(2)11(14)7-15-12(16)9-5-3-4-6-10(9)13(15)17/h3-6H,7H2,1-2H3. The molecule has 1 aromatic rings. The van der Waals surface area contributed by atoms with Gasteiger partial charge in [-0.15, -0.1) is 0 Å². The first-order chi connectivity index (χ1) is 8.02. The first-order valence-electron chi connectivity index (χ1n) is 5.29. The average Bonchev–Trinajstić information content (AvgIpc) is 2.55. The van der Waals surface area contributed by atoms with Crippen molar-refractivity contribution in [3.63, 3.8) is 0 Å². The van der Waals surface area contributed by atoms with E-state index in [0.717, 1.165) is 4.90 Å². The van der Waals surface area contributed by atoms with Gasteiger partial charge in [0.2, 0.25) is 0 Å². The van der Waals surface area contributed by atoms with Crippen molar-refractivity contribution in [2.45, 2.75) is 13.8 Å². The number of carbonyl (C=O) groups excluding carboxylic acids is 2. The molecule has 1 heterocycles. The van der Waals surface area contributed by atoms with E-state index < -0.39 is 17.6 Å². The first-order valence-corrected chi connectivity index (χ1v) is 5.29. The van der Waals surface area contributed by atoms with Gasteiger partial charge in [0, 0.05) is 0 Å². The van der Waals surface area contributed by atoms with E-state index >= 15 is 0 Å². The maximum atomic E-state index is 13.5. The molecule has 0 saturated heterocycles. The van der Waals surface area contributed by atoms with Crippen molar-refractivity contribution >= 4 is 11.8 Å². The number of carbonyl (C=O) groups is 2. The van der Waals surface area contributed by atoms with Crippen LogP contribution in [-0.4, -0.2) is 23.3 Å². The average molecular weight is 233 g/mol. The molecule has 88 valence electrons. The minimum Gasteiger partial charge on any atom is -0.269 e. The van der Waals surface area contributed by atoms with E-state index in [9.17, 15) is 14.0 Å². The Morgan fingerprint density at radius 3 is 2.00 bits per heavy atom. The summed E-state index contributed by atoms with van der Waals surface area (Å²) in [6, 6.07) is 6.53. The molecule has 0 atom stereocenters. The number of halogens is 1. The molecule has 0 radical (unpaired) electrons. The molecule has 0 N–H and O–H groups in total. The van der Waals surface area contributed by atoms with Crippen LogP contribution in [0.3, 0.4) is 0 Å². The van der Waals surface area contributed by atoms with Crippen LogP contribution in [-0.2, 0) is 0 Å². The summed E-state index contributed by atoms with van der Waals surface area (Å²) in [5.41, 5.74) is 1.17. The third kappa shape index (κ3) is 1.86. The smallest absolute Gasteiger partial charge is 0.261 e. The second kappa shape index (κ2) is 4.13. The molecule has 2 amide bonds. The fourth-order valence-electron chi connectivity index (χ4n) is 1.68. The van der Waals surface area contributed by atoms with Crippen molar-refractivity contribution in [2.24, 2.45) is 0 Å². The summed E-state index contributed by atoms with van der Waals surface area (Å²) in [6.45, 7) is 2.93. The predicted octanol–water partition coefficient (Wildman–Crippen LogP) is 2.55. The summed E-state index contributed by atoms with van der Waals surface area (Å²) in [5, 5.41) is 0. The van der Waals surface area contributed by atoms with Crippen LogP contribution < -0.4 is 0 Å². The Labute approximate surface area is 98.5 Å². The minimum absolute atomic E-state index is 0.283. The molecule has 0 aliphatic carbocycles. The van der Waals surface area contributed by atoms with E-state index in [0.29, 0.717) is 16.7 Å². The summed E-state index contributed by atoms with van der Waals surface area (Å²) in [5.74, 6) is -1.30. The zero-order valence-corrected chi connectivity index (χ0v) is 9.66. The number of amides is 2. The van der Waals surface area contributed by atoms with Crippen LogP contribution in [0.5, 0.6) is 0 Å². The molecule has 1 aliphatic rings. The number of rotatable bonds is 2. The Morgan fingerprint density at radius 2 is 1.59 bits per heavy atom. The zero-order chi connectivity index (χ0) is 12.6. The quantitative estimate of drug-likeness (QED) is 0.736. The molecule has 0 aromatic heterocycles. The molecule has 0 spiro atoms. The third-order valence-corrected chi connectivity index (χ3v) is 2.72. The summed E-state index contributed by atoms with van der Waals surface area (Å²) in [6.07, 6.45) is 0. The summed E-state index contributed by atoms with van der Waals surface area (Å²) >= 11 is 0. The van der Waals surface area contributed by atoms with Crippen LogP contribution in [0.15, 0.2) is 35.7 Å². The minimum atomic E-state index is -0.445. The number of hydrogen-bond acceptors (Lipinski definition) is 2. The van der Waals surface area contributed by atoms with Gasteiger partial charge in [-0.05, 0) is 31.6 Å². The maximum Gasteiger partial charge on any atom is 0.261 e. The van der Waals surface area contributed by atoms with Crippen molar-refractivity contribution in [3.05, 3.63) is 46.8 Å². The molecule has 0 fully saturated rings. The van der Waals surface area contributed by atoms with Crippen LogP contribution >= 0.6 is 0 Å². The van der Waals surface area contributed by atoms with E-state index in [1.54, 1.807) is 38.1 Å². The van der Waals surface area contributed by atoms with Crippen molar-refractivity contribution in [2.75, 3.05) is 6.54 Å². The fourth-order valence-corrected chi connectivity index (χ4v) is 1.68. The van der Waals surface area contributed by atoms with Gasteiger partial charge in [0.05, 0.1) is 17.7 Å². The third-order valence-electron chi connectivity index (χ3n) is 2.72. The highest BCUT2D eigenvalue weighted by atomic mass is 19.1. The molecule has 17 heavy (non-hydrogen) atoms. The van der Waals surface area contributed by atoms with Gasteiger partial charge in [0.25, 0.3) is 11.8 Å². The Hall–Kier alpha value is -1.97. The fraction of sp³-hybridized carbons (Fsp3) is 0.231. The van der Waals surface area contributed by atoms with Crippen LogP contribution in [0.2, 0.25) is 0 Å². The summed E-state index contributed by atoms with van der Waals surface area (Å²) < 4.78 is 13.5. The second-order valence-corrected chi connectivity index (χ2v) is 4.15. The molecule has 0 unspecified atom stereocenters. The van der Waals surface area contributed by atoms with Crippen LogP contribution in [0.25, 0.3) is 0 Å². The van der Waals surface area contributed by atoms with Gasteiger partial charge in [-0.2, -0.15) is 0 Å². The van der Waals surface area contributed by atoms with Crippen molar-refractivity contribution in [1.29, 1.82) is 0 Å². The summed E-state index contributed by atoms with van der Waals surface area (Å²) in [4.78, 5) is 24.7. The van der Waals surface area contributed by atoms with Gasteiger partial charge >= 0.3 is 0 Å². The SMILES string of the molecule is CC(C)=C(F)CN1C(=O)c2ccccc2C1=O. The Kier molecular flexibility index (Phi) is 2.79. The monoisotopic (exact) mass is 233 g/mol. The van der Waals surface area contributed by atoms with Crippen LogP contribution in [0.1, 0.15) is 34.6 Å². The van der Waals surface area contributed by atoms with Crippen molar-refractivity contribution < 1.29 is 14.0 Å². The van der Waals surface area contributed by atoms with E-state index in [1.807, 2.05) is 0 Å². The van der Waals surface area contributed by atoms with E-state index in [2.05, 4.69) is 0 Å². The molecule has 4 heteroatoms. The molecule has 0 saturated carbocycles. The van der Waals surface area contributed by atoms with Gasteiger partial charge < -0.3 is 0 Å².